The van der Waals surface area contributed by atoms with Crippen molar-refractivity contribution in [3.05, 3.63) is 66.9 Å². The van der Waals surface area contributed by atoms with Crippen LogP contribution in [0.25, 0.3) is 10.9 Å². The summed E-state index contributed by atoms with van der Waals surface area (Å²) in [5, 5.41) is 1.01. The van der Waals surface area contributed by atoms with Gasteiger partial charge in [-0.05, 0) is 30.7 Å². The summed E-state index contributed by atoms with van der Waals surface area (Å²) in [5.74, 6) is 0.707. The second-order valence-corrected chi connectivity index (χ2v) is 7.01. The molecule has 6 heteroatoms. The largest absolute Gasteiger partial charge is 0.491 e. The van der Waals surface area contributed by atoms with E-state index in [1.165, 1.54) is 0 Å². The highest BCUT2D eigenvalue weighted by atomic mass is 32.2. The first-order valence-corrected chi connectivity index (χ1v) is 9.16. The van der Waals surface area contributed by atoms with Gasteiger partial charge in [0.2, 0.25) is 10.0 Å². The van der Waals surface area contributed by atoms with Gasteiger partial charge < -0.3 is 4.74 Å². The third-order valence-electron chi connectivity index (χ3n) is 3.52. The van der Waals surface area contributed by atoms with Crippen LogP contribution in [0.15, 0.2) is 71.8 Å². The van der Waals surface area contributed by atoms with Gasteiger partial charge in [0.05, 0.1) is 11.5 Å². The summed E-state index contributed by atoms with van der Waals surface area (Å²) in [6, 6.07) is 17.9. The van der Waals surface area contributed by atoms with Crippen LogP contribution in [-0.2, 0) is 10.0 Å². The zero-order valence-corrected chi connectivity index (χ0v) is 13.9. The molecule has 0 saturated heterocycles. The summed E-state index contributed by atoms with van der Waals surface area (Å²) < 4.78 is 32.5. The second-order valence-electron chi connectivity index (χ2n) is 5.24. The van der Waals surface area contributed by atoms with Crippen molar-refractivity contribution >= 4 is 20.9 Å². The van der Waals surface area contributed by atoms with Crippen LogP contribution in [0.2, 0.25) is 0 Å². The fraction of sp³-hybridized carbons (Fsp3) is 0.167. The van der Waals surface area contributed by atoms with Gasteiger partial charge in [-0.15, -0.1) is 0 Å². The molecule has 0 amide bonds. The minimum Gasteiger partial charge on any atom is -0.491 e. The summed E-state index contributed by atoms with van der Waals surface area (Å²) >= 11 is 0. The lowest BCUT2D eigenvalue weighted by atomic mass is 10.2. The fourth-order valence-corrected chi connectivity index (χ4v) is 3.43. The SMILES string of the molecule is O=S(=O)(NCCCOc1cccc2cccnc12)c1ccccc1. The average molecular weight is 342 g/mol. The smallest absolute Gasteiger partial charge is 0.240 e. The fourth-order valence-electron chi connectivity index (χ4n) is 2.34. The van der Waals surface area contributed by atoms with E-state index in [4.69, 9.17) is 4.74 Å². The first kappa shape index (κ1) is 16.4. The van der Waals surface area contributed by atoms with Gasteiger partial charge in [0.15, 0.2) is 0 Å². The number of ether oxygens (including phenoxy) is 1. The number of rotatable bonds is 7. The lowest BCUT2D eigenvalue weighted by Gasteiger charge is -2.09. The van der Waals surface area contributed by atoms with E-state index < -0.39 is 10.0 Å². The Morgan fingerprint density at radius 3 is 2.58 bits per heavy atom. The summed E-state index contributed by atoms with van der Waals surface area (Å²) in [7, 11) is -3.46. The highest BCUT2D eigenvalue weighted by molar-refractivity contribution is 7.89. The highest BCUT2D eigenvalue weighted by Gasteiger charge is 2.12. The number of hydrogen-bond acceptors (Lipinski definition) is 4. The van der Waals surface area contributed by atoms with Gasteiger partial charge >= 0.3 is 0 Å². The number of sulfonamides is 1. The molecule has 0 aliphatic carbocycles. The molecule has 1 heterocycles. The molecule has 0 aliphatic rings. The second kappa shape index (κ2) is 7.42. The van der Waals surface area contributed by atoms with Crippen LogP contribution in [-0.4, -0.2) is 26.6 Å². The van der Waals surface area contributed by atoms with Gasteiger partial charge in [-0.1, -0.05) is 36.4 Å². The van der Waals surface area contributed by atoms with E-state index in [1.807, 2.05) is 30.3 Å². The number of aromatic nitrogens is 1. The van der Waals surface area contributed by atoms with Crippen LogP contribution < -0.4 is 9.46 Å². The van der Waals surface area contributed by atoms with Crippen molar-refractivity contribution in [3.8, 4) is 5.75 Å². The molecular formula is C18H18N2O3S. The maximum atomic E-state index is 12.1. The van der Waals surface area contributed by atoms with Crippen LogP contribution >= 0.6 is 0 Å². The molecule has 5 nitrogen and oxygen atoms in total. The Balaban J connectivity index is 1.52. The van der Waals surface area contributed by atoms with Gasteiger partial charge in [-0.25, -0.2) is 13.1 Å². The van der Waals surface area contributed by atoms with Crippen molar-refractivity contribution in [2.24, 2.45) is 0 Å². The molecule has 0 atom stereocenters. The minimum atomic E-state index is -3.46. The first-order valence-electron chi connectivity index (χ1n) is 7.68. The highest BCUT2D eigenvalue weighted by Crippen LogP contribution is 2.22. The maximum absolute atomic E-state index is 12.1. The molecule has 0 fully saturated rings. The quantitative estimate of drug-likeness (QED) is 0.670. The van der Waals surface area contributed by atoms with Gasteiger partial charge in [-0.2, -0.15) is 0 Å². The van der Waals surface area contributed by atoms with E-state index in [0.717, 1.165) is 10.9 Å². The molecular weight excluding hydrogens is 324 g/mol. The molecule has 0 spiro atoms. The van der Waals surface area contributed by atoms with E-state index in [2.05, 4.69) is 9.71 Å². The predicted octanol–water partition coefficient (Wildman–Crippen LogP) is 2.98. The number of fused-ring (bicyclic) bond motifs is 1. The number of nitrogens with one attached hydrogen (secondary N) is 1. The molecule has 2 aromatic carbocycles. The van der Waals surface area contributed by atoms with Crippen molar-refractivity contribution in [3.63, 3.8) is 0 Å². The summed E-state index contributed by atoms with van der Waals surface area (Å²) in [6.45, 7) is 0.725. The molecule has 3 aromatic rings. The monoisotopic (exact) mass is 342 g/mol. The molecule has 0 bridgehead atoms. The van der Waals surface area contributed by atoms with Crippen LogP contribution in [0.3, 0.4) is 0 Å². The van der Waals surface area contributed by atoms with Crippen molar-refractivity contribution in [2.45, 2.75) is 11.3 Å². The minimum absolute atomic E-state index is 0.268. The van der Waals surface area contributed by atoms with Crippen LogP contribution in [0.4, 0.5) is 0 Å². The molecule has 124 valence electrons. The number of para-hydroxylation sites is 1. The van der Waals surface area contributed by atoms with Gasteiger partial charge in [0.25, 0.3) is 0 Å². The first-order chi connectivity index (χ1) is 11.7. The zero-order valence-electron chi connectivity index (χ0n) is 13.1. The third kappa shape index (κ3) is 3.90. The van der Waals surface area contributed by atoms with E-state index in [9.17, 15) is 8.42 Å². The topological polar surface area (TPSA) is 68.3 Å². The Hall–Kier alpha value is -2.44. The van der Waals surface area contributed by atoms with Crippen molar-refractivity contribution in [2.75, 3.05) is 13.2 Å². The molecule has 0 radical (unpaired) electrons. The van der Waals surface area contributed by atoms with E-state index in [-0.39, 0.29) is 4.90 Å². The summed E-state index contributed by atoms with van der Waals surface area (Å²) in [5.41, 5.74) is 0.810. The van der Waals surface area contributed by atoms with Crippen molar-refractivity contribution in [1.29, 1.82) is 0 Å². The van der Waals surface area contributed by atoms with Gasteiger partial charge in [0, 0.05) is 18.1 Å². The Kier molecular flexibility index (Phi) is 5.08. The number of benzene rings is 2. The zero-order chi connectivity index (χ0) is 16.8. The Morgan fingerprint density at radius 2 is 1.75 bits per heavy atom. The standard InChI is InChI=1S/C18H18N2O3S/c21-24(22,16-9-2-1-3-10-16)20-13-6-14-23-17-11-4-7-15-8-5-12-19-18(15)17/h1-5,7-12,20H,6,13-14H2. The van der Waals surface area contributed by atoms with Crippen molar-refractivity contribution in [1.82, 2.24) is 9.71 Å². The average Bonchev–Trinajstić information content (AvgIpc) is 2.62. The number of pyridine rings is 1. The van der Waals surface area contributed by atoms with Crippen LogP contribution in [0.1, 0.15) is 6.42 Å². The third-order valence-corrected chi connectivity index (χ3v) is 5.00. The van der Waals surface area contributed by atoms with Gasteiger partial charge in [-0.3, -0.25) is 4.98 Å². The van der Waals surface area contributed by atoms with E-state index >= 15 is 0 Å². The Morgan fingerprint density at radius 1 is 0.958 bits per heavy atom. The number of nitrogens with zero attached hydrogens (tertiary/aromatic N) is 1. The van der Waals surface area contributed by atoms with Crippen LogP contribution in [0.5, 0.6) is 5.75 Å². The molecule has 0 aliphatic heterocycles. The molecule has 1 N–H and O–H groups in total. The molecule has 0 unspecified atom stereocenters. The lowest BCUT2D eigenvalue weighted by molar-refractivity contribution is 0.314. The lowest BCUT2D eigenvalue weighted by Crippen LogP contribution is -2.25. The molecule has 0 saturated carbocycles. The van der Waals surface area contributed by atoms with Crippen LogP contribution in [0, 0.1) is 0 Å². The Bertz CT molecular complexity index is 906. The van der Waals surface area contributed by atoms with E-state index in [1.54, 1.807) is 36.5 Å². The normalized spacial score (nSPS) is 11.5. The Labute approximate surface area is 141 Å². The maximum Gasteiger partial charge on any atom is 0.240 e. The van der Waals surface area contributed by atoms with E-state index in [0.29, 0.717) is 25.3 Å². The predicted molar refractivity (Wildman–Crippen MR) is 93.5 cm³/mol. The molecule has 3 rings (SSSR count). The summed E-state index contributed by atoms with van der Waals surface area (Å²) in [4.78, 5) is 4.59. The van der Waals surface area contributed by atoms with Crippen molar-refractivity contribution < 1.29 is 13.2 Å². The molecule has 24 heavy (non-hydrogen) atoms. The number of hydrogen-bond donors (Lipinski definition) is 1. The summed E-state index contributed by atoms with van der Waals surface area (Å²) in [6.07, 6.45) is 2.29. The molecule has 1 aromatic heterocycles. The van der Waals surface area contributed by atoms with Gasteiger partial charge in [0.1, 0.15) is 11.3 Å².